The molecule has 32 heavy (non-hydrogen) atoms. The Labute approximate surface area is 191 Å². The molecule has 0 atom stereocenters. The Balaban J connectivity index is 1.53. The summed E-state index contributed by atoms with van der Waals surface area (Å²) in [6.45, 7) is 8.49. The van der Waals surface area contributed by atoms with Gasteiger partial charge in [-0.25, -0.2) is 15.0 Å². The van der Waals surface area contributed by atoms with Gasteiger partial charge in [0.15, 0.2) is 5.65 Å². The molecule has 0 amide bonds. The molecule has 4 heterocycles. The predicted molar refractivity (Wildman–Crippen MR) is 125 cm³/mol. The van der Waals surface area contributed by atoms with E-state index >= 15 is 0 Å². The lowest BCUT2D eigenvalue weighted by atomic mass is 10.0. The third kappa shape index (κ3) is 4.27. The van der Waals surface area contributed by atoms with Crippen LogP contribution in [0.5, 0.6) is 0 Å². The van der Waals surface area contributed by atoms with Crippen LogP contribution in [0.15, 0.2) is 34.2 Å². The highest BCUT2D eigenvalue weighted by atomic mass is 35.5. The Morgan fingerprint density at radius 3 is 2.31 bits per heavy atom. The van der Waals surface area contributed by atoms with Gasteiger partial charge in [-0.05, 0) is 32.0 Å². The van der Waals surface area contributed by atoms with Crippen LogP contribution in [-0.4, -0.2) is 55.2 Å². The lowest BCUT2D eigenvalue weighted by Crippen LogP contribution is -2.45. The maximum Gasteiger partial charge on any atom is 0.318 e. The van der Waals surface area contributed by atoms with Gasteiger partial charge in [0.25, 0.3) is 0 Å². The van der Waals surface area contributed by atoms with Gasteiger partial charge < -0.3 is 9.47 Å². The van der Waals surface area contributed by atoms with Crippen LogP contribution in [0.1, 0.15) is 38.3 Å². The number of pyridine rings is 1. The van der Waals surface area contributed by atoms with E-state index in [1.54, 1.807) is 17.7 Å². The highest BCUT2D eigenvalue weighted by Crippen LogP contribution is 2.26. The van der Waals surface area contributed by atoms with Gasteiger partial charge in [-0.1, -0.05) is 25.4 Å². The highest BCUT2D eigenvalue weighted by molar-refractivity contribution is 6.31. The summed E-state index contributed by atoms with van der Waals surface area (Å²) in [4.78, 5) is 43.3. The Hall–Kier alpha value is -2.78. The number of piperidine rings is 1. The fraction of sp³-hybridized carbons (Fsp3) is 0.500. The molecular weight excluding hydrogens is 430 g/mol. The first-order valence-electron chi connectivity index (χ1n) is 11.0. The number of hydrogen-bond donors (Lipinski definition) is 0. The molecule has 1 aliphatic heterocycles. The first kappa shape index (κ1) is 22.4. The number of nitrogens with zero attached hydrogens (tertiary/aromatic N) is 7. The predicted octanol–water partition coefficient (Wildman–Crippen LogP) is 2.22. The zero-order valence-electron chi connectivity index (χ0n) is 18.7. The van der Waals surface area contributed by atoms with E-state index in [4.69, 9.17) is 11.6 Å². The maximum absolute atomic E-state index is 12.8. The molecule has 4 rings (SSSR count). The van der Waals surface area contributed by atoms with Crippen molar-refractivity contribution in [3.63, 3.8) is 0 Å². The van der Waals surface area contributed by atoms with E-state index in [1.165, 1.54) is 10.8 Å². The number of hydrogen-bond acceptors (Lipinski definition) is 7. The van der Waals surface area contributed by atoms with E-state index < -0.39 is 11.1 Å². The monoisotopic (exact) mass is 457 g/mol. The zero-order chi connectivity index (χ0) is 22.8. The quantitative estimate of drug-likeness (QED) is 0.524. The van der Waals surface area contributed by atoms with Gasteiger partial charge in [-0.15, -0.1) is 0 Å². The molecule has 9 nitrogen and oxygen atoms in total. The van der Waals surface area contributed by atoms with Crippen molar-refractivity contribution in [2.24, 2.45) is 7.05 Å². The largest absolute Gasteiger partial charge is 0.341 e. The number of rotatable bonds is 6. The molecule has 1 saturated heterocycles. The Kier molecular flexibility index (Phi) is 6.57. The third-order valence-corrected chi connectivity index (χ3v) is 6.42. The van der Waals surface area contributed by atoms with E-state index in [0.29, 0.717) is 48.1 Å². The summed E-state index contributed by atoms with van der Waals surface area (Å²) in [5.74, 6) is 0.692. The van der Waals surface area contributed by atoms with Gasteiger partial charge in [0, 0.05) is 56.9 Å². The van der Waals surface area contributed by atoms with Crippen molar-refractivity contribution in [1.82, 2.24) is 29.0 Å². The Morgan fingerprint density at radius 2 is 1.69 bits per heavy atom. The minimum Gasteiger partial charge on any atom is -0.341 e. The second kappa shape index (κ2) is 9.38. The van der Waals surface area contributed by atoms with Gasteiger partial charge in [0.2, 0.25) is 5.95 Å². The van der Waals surface area contributed by atoms with E-state index in [-0.39, 0.29) is 6.04 Å². The van der Waals surface area contributed by atoms with Crippen molar-refractivity contribution in [3.8, 4) is 0 Å². The number of halogens is 1. The Morgan fingerprint density at radius 1 is 1.03 bits per heavy atom. The molecule has 0 radical (unpaired) electrons. The van der Waals surface area contributed by atoms with E-state index in [2.05, 4.69) is 38.6 Å². The maximum atomic E-state index is 12.8. The van der Waals surface area contributed by atoms with Crippen LogP contribution in [0.2, 0.25) is 5.02 Å². The minimum absolute atomic E-state index is 0.120. The minimum atomic E-state index is -0.573. The average molecular weight is 458 g/mol. The molecule has 0 aromatic carbocycles. The molecule has 3 aromatic heterocycles. The smallest absolute Gasteiger partial charge is 0.318 e. The molecule has 0 bridgehead atoms. The lowest BCUT2D eigenvalue weighted by Gasteiger charge is -2.33. The molecule has 1 aliphatic rings. The van der Waals surface area contributed by atoms with Crippen LogP contribution in [0.25, 0.3) is 11.2 Å². The molecule has 0 spiro atoms. The van der Waals surface area contributed by atoms with Crippen LogP contribution < -0.4 is 16.0 Å². The van der Waals surface area contributed by atoms with E-state index in [0.717, 1.165) is 25.2 Å². The second-order valence-electron chi connectivity index (χ2n) is 8.11. The fourth-order valence-corrected chi connectivity index (χ4v) is 4.42. The van der Waals surface area contributed by atoms with Crippen LogP contribution in [0.4, 0.5) is 5.95 Å². The van der Waals surface area contributed by atoms with E-state index in [9.17, 15) is 9.59 Å². The summed E-state index contributed by atoms with van der Waals surface area (Å²) < 4.78 is 2.86. The number of aryl methyl sites for hydroxylation is 1. The topological polar surface area (TPSA) is 89.2 Å². The number of fused-ring (bicyclic) bond motifs is 1. The third-order valence-electron chi connectivity index (χ3n) is 6.21. The van der Waals surface area contributed by atoms with Crippen molar-refractivity contribution in [1.29, 1.82) is 0 Å². The van der Waals surface area contributed by atoms with Gasteiger partial charge in [-0.2, -0.15) is 0 Å². The average Bonchev–Trinajstić information content (AvgIpc) is 2.82. The molecule has 0 aliphatic carbocycles. The summed E-state index contributed by atoms with van der Waals surface area (Å²) in [6.07, 6.45) is 6.67. The van der Waals surface area contributed by atoms with Crippen molar-refractivity contribution < 1.29 is 0 Å². The normalized spacial score (nSPS) is 15.1. The van der Waals surface area contributed by atoms with Crippen LogP contribution in [0, 0.1) is 0 Å². The zero-order valence-corrected chi connectivity index (χ0v) is 19.4. The van der Waals surface area contributed by atoms with Crippen LogP contribution in [-0.2, 0) is 13.6 Å². The van der Waals surface area contributed by atoms with Crippen molar-refractivity contribution in [2.45, 2.75) is 39.3 Å². The molecule has 0 unspecified atom stereocenters. The SMILES string of the molecule is CCN(CC)Cc1cnc(N2CCC(n3c(=O)c(=O)n(C)c4cc(Cl)cnc43)CC2)nc1. The van der Waals surface area contributed by atoms with Crippen LogP contribution >= 0.6 is 11.6 Å². The summed E-state index contributed by atoms with van der Waals surface area (Å²) in [5.41, 5.74) is 1.00. The molecule has 10 heteroatoms. The second-order valence-corrected chi connectivity index (χ2v) is 8.54. The summed E-state index contributed by atoms with van der Waals surface area (Å²) in [5, 5.41) is 0.425. The highest BCUT2D eigenvalue weighted by Gasteiger charge is 2.26. The molecular formula is C22H28ClN7O2. The van der Waals surface area contributed by atoms with Gasteiger partial charge in [0.05, 0.1) is 10.5 Å². The standard InChI is InChI=1S/C22H28ClN7O2/c1-4-28(5-2)14-15-11-25-22(26-12-15)29-8-6-17(7-9-29)30-19-18(10-16(23)13-24-19)27(3)20(31)21(30)32/h10-13,17H,4-9,14H2,1-3H3. The molecule has 3 aromatic rings. The summed E-state index contributed by atoms with van der Waals surface area (Å²) in [7, 11) is 1.57. The first-order valence-corrected chi connectivity index (χ1v) is 11.4. The Bertz CT molecular complexity index is 1210. The number of aromatic nitrogens is 5. The van der Waals surface area contributed by atoms with Gasteiger partial charge >= 0.3 is 11.1 Å². The summed E-state index contributed by atoms with van der Waals surface area (Å²) >= 11 is 6.07. The molecule has 170 valence electrons. The fourth-order valence-electron chi connectivity index (χ4n) is 4.27. The van der Waals surface area contributed by atoms with Crippen molar-refractivity contribution >= 4 is 28.7 Å². The summed E-state index contributed by atoms with van der Waals surface area (Å²) in [6, 6.07) is 1.55. The van der Waals surface area contributed by atoms with Crippen molar-refractivity contribution in [3.05, 3.63) is 56.0 Å². The van der Waals surface area contributed by atoms with E-state index in [1.807, 2.05) is 12.4 Å². The lowest BCUT2D eigenvalue weighted by molar-refractivity contribution is 0.295. The van der Waals surface area contributed by atoms with Gasteiger partial charge in [-0.3, -0.25) is 19.1 Å². The van der Waals surface area contributed by atoms with Crippen LogP contribution in [0.3, 0.4) is 0 Å². The number of anilines is 1. The molecule has 0 N–H and O–H groups in total. The molecule has 0 saturated carbocycles. The molecule has 1 fully saturated rings. The van der Waals surface area contributed by atoms with Crippen molar-refractivity contribution in [2.75, 3.05) is 31.1 Å². The van der Waals surface area contributed by atoms with Gasteiger partial charge in [0.1, 0.15) is 0 Å². The first-order chi connectivity index (χ1) is 15.4.